The predicted molar refractivity (Wildman–Crippen MR) is 162 cm³/mol. The van der Waals surface area contributed by atoms with Crippen molar-refractivity contribution in [1.82, 2.24) is 10.2 Å². The zero-order valence-electron chi connectivity index (χ0n) is 24.4. The van der Waals surface area contributed by atoms with Gasteiger partial charge in [0.15, 0.2) is 11.5 Å². The second-order valence-electron chi connectivity index (χ2n) is 10.2. The monoisotopic (exact) mass is 593 g/mol. The summed E-state index contributed by atoms with van der Waals surface area (Å²) in [5.74, 6) is 0.147. The van der Waals surface area contributed by atoms with Crippen LogP contribution in [0.25, 0.3) is 0 Å². The van der Waals surface area contributed by atoms with Crippen molar-refractivity contribution in [2.75, 3.05) is 30.6 Å². The summed E-state index contributed by atoms with van der Waals surface area (Å²) in [6.45, 7) is 6.71. The van der Waals surface area contributed by atoms with Gasteiger partial charge >= 0.3 is 0 Å². The number of nitrogens with one attached hydrogen (secondary N) is 1. The molecular weight excluding hydrogens is 554 g/mol. The highest BCUT2D eigenvalue weighted by Gasteiger charge is 2.34. The molecule has 0 saturated heterocycles. The number of hydrogen-bond acceptors (Lipinski definition) is 6. The molecule has 3 aromatic carbocycles. The molecule has 9 nitrogen and oxygen atoms in total. The number of fused-ring (bicyclic) bond motifs is 1. The fourth-order valence-corrected chi connectivity index (χ4v) is 6.30. The maximum Gasteiger partial charge on any atom is 0.264 e. The number of hydrogen-bond donors (Lipinski definition) is 1. The van der Waals surface area contributed by atoms with Crippen LogP contribution in [0.5, 0.6) is 11.5 Å². The van der Waals surface area contributed by atoms with E-state index in [4.69, 9.17) is 9.47 Å². The van der Waals surface area contributed by atoms with Crippen LogP contribution in [0.2, 0.25) is 0 Å². The Labute approximate surface area is 248 Å². The van der Waals surface area contributed by atoms with E-state index in [1.807, 2.05) is 45.0 Å². The quantitative estimate of drug-likeness (QED) is 0.289. The summed E-state index contributed by atoms with van der Waals surface area (Å²) in [5, 5.41) is 2.95. The smallest absolute Gasteiger partial charge is 0.264 e. The Morgan fingerprint density at radius 1 is 0.929 bits per heavy atom. The van der Waals surface area contributed by atoms with Crippen molar-refractivity contribution in [1.29, 1.82) is 0 Å². The van der Waals surface area contributed by atoms with E-state index in [1.165, 1.54) is 17.0 Å². The van der Waals surface area contributed by atoms with Crippen molar-refractivity contribution in [3.63, 3.8) is 0 Å². The largest absolute Gasteiger partial charge is 0.486 e. The molecule has 10 heteroatoms. The molecule has 42 heavy (non-hydrogen) atoms. The first kappa shape index (κ1) is 30.9. The van der Waals surface area contributed by atoms with Gasteiger partial charge < -0.3 is 19.7 Å². The summed E-state index contributed by atoms with van der Waals surface area (Å²) in [5.41, 5.74) is 2.12. The number of sulfonamides is 1. The molecule has 0 unspecified atom stereocenters. The Balaban J connectivity index is 1.73. The highest BCUT2D eigenvalue weighted by atomic mass is 32.2. The first-order valence-electron chi connectivity index (χ1n) is 14.3. The first-order chi connectivity index (χ1) is 20.2. The van der Waals surface area contributed by atoms with Crippen LogP contribution in [0.4, 0.5) is 5.69 Å². The third-order valence-electron chi connectivity index (χ3n) is 7.07. The standard InChI is InChI=1S/C32H39N3O6S/c1-4-6-17-33-32(37)28(5-2)34(22-25-12-10-11-24(3)20-25)31(36)23-35(42(38,39)27-13-8-7-9-14-27)26-15-16-29-30(21-26)41-19-18-40-29/h7-16,20-21,28H,4-6,17-19,22-23H2,1-3H3,(H,33,37)/t28-/m1/s1. The van der Waals surface area contributed by atoms with Crippen molar-refractivity contribution >= 4 is 27.5 Å². The molecule has 3 aromatic rings. The van der Waals surface area contributed by atoms with E-state index >= 15 is 0 Å². The van der Waals surface area contributed by atoms with Crippen LogP contribution >= 0.6 is 0 Å². The Hall–Kier alpha value is -4.05. The van der Waals surface area contributed by atoms with Crippen molar-refractivity contribution < 1.29 is 27.5 Å². The SMILES string of the molecule is CCCCNC(=O)[C@@H](CC)N(Cc1cccc(C)c1)C(=O)CN(c1ccc2c(c1)OCCO2)S(=O)(=O)c1ccccc1. The van der Waals surface area contributed by atoms with Gasteiger partial charge in [0.2, 0.25) is 11.8 Å². The second-order valence-corrected chi connectivity index (χ2v) is 12.1. The summed E-state index contributed by atoms with van der Waals surface area (Å²) in [7, 11) is -4.17. The van der Waals surface area contributed by atoms with Gasteiger partial charge in [-0.3, -0.25) is 13.9 Å². The van der Waals surface area contributed by atoms with Gasteiger partial charge in [0.1, 0.15) is 25.8 Å². The number of aryl methyl sites for hydroxylation is 1. The van der Waals surface area contributed by atoms with Crippen molar-refractivity contribution in [3.8, 4) is 11.5 Å². The molecule has 224 valence electrons. The summed E-state index contributed by atoms with van der Waals surface area (Å²) >= 11 is 0. The van der Waals surface area contributed by atoms with E-state index in [0.29, 0.717) is 37.7 Å². The minimum atomic E-state index is -4.17. The van der Waals surface area contributed by atoms with Crippen LogP contribution in [0.3, 0.4) is 0 Å². The summed E-state index contributed by atoms with van der Waals surface area (Å²) in [6, 6.07) is 19.7. The maximum atomic E-state index is 14.2. The number of unbranched alkanes of at least 4 members (excludes halogenated alkanes) is 1. The van der Waals surface area contributed by atoms with Crippen LogP contribution in [0, 0.1) is 6.92 Å². The van der Waals surface area contributed by atoms with Gasteiger partial charge in [0.25, 0.3) is 10.0 Å². The highest BCUT2D eigenvalue weighted by molar-refractivity contribution is 7.92. The summed E-state index contributed by atoms with van der Waals surface area (Å²) in [6.07, 6.45) is 2.11. The minimum Gasteiger partial charge on any atom is -0.486 e. The van der Waals surface area contributed by atoms with Crippen LogP contribution in [0.1, 0.15) is 44.2 Å². The molecule has 0 fully saturated rings. The van der Waals surface area contributed by atoms with Crippen LogP contribution in [0.15, 0.2) is 77.7 Å². The van der Waals surface area contributed by atoms with Crippen LogP contribution < -0.4 is 19.1 Å². The zero-order valence-corrected chi connectivity index (χ0v) is 25.2. The molecule has 0 aromatic heterocycles. The molecule has 0 aliphatic carbocycles. The molecule has 0 saturated carbocycles. The number of benzene rings is 3. The summed E-state index contributed by atoms with van der Waals surface area (Å²) in [4.78, 5) is 29.1. The average molecular weight is 594 g/mol. The lowest BCUT2D eigenvalue weighted by Gasteiger charge is -2.33. The van der Waals surface area contributed by atoms with E-state index < -0.39 is 28.5 Å². The molecule has 2 amide bonds. The highest BCUT2D eigenvalue weighted by Crippen LogP contribution is 2.36. The molecular formula is C32H39N3O6S. The van der Waals surface area contributed by atoms with Gasteiger partial charge in [-0.2, -0.15) is 0 Å². The second kappa shape index (κ2) is 14.2. The molecule has 1 N–H and O–H groups in total. The Morgan fingerprint density at radius 3 is 2.36 bits per heavy atom. The van der Waals surface area contributed by atoms with E-state index in [9.17, 15) is 18.0 Å². The van der Waals surface area contributed by atoms with Crippen LogP contribution in [-0.4, -0.2) is 57.5 Å². The van der Waals surface area contributed by atoms with Gasteiger partial charge in [-0.1, -0.05) is 68.3 Å². The lowest BCUT2D eigenvalue weighted by molar-refractivity contribution is -0.140. The van der Waals surface area contributed by atoms with Crippen LogP contribution in [-0.2, 0) is 26.2 Å². The number of carbonyl (C=O) groups excluding carboxylic acids is 2. The third-order valence-corrected chi connectivity index (χ3v) is 8.86. The lowest BCUT2D eigenvalue weighted by Crippen LogP contribution is -2.52. The van der Waals surface area contributed by atoms with Crippen molar-refractivity contribution in [3.05, 3.63) is 83.9 Å². The van der Waals surface area contributed by atoms with Crippen molar-refractivity contribution in [2.45, 2.75) is 57.5 Å². The van der Waals surface area contributed by atoms with E-state index in [0.717, 1.165) is 28.3 Å². The summed E-state index contributed by atoms with van der Waals surface area (Å²) < 4.78 is 40.4. The topological polar surface area (TPSA) is 105 Å². The van der Waals surface area contributed by atoms with Gasteiger partial charge in [-0.15, -0.1) is 0 Å². The molecule has 4 rings (SSSR count). The van der Waals surface area contributed by atoms with Crippen molar-refractivity contribution in [2.24, 2.45) is 0 Å². The number of amides is 2. The van der Waals surface area contributed by atoms with E-state index in [-0.39, 0.29) is 23.0 Å². The number of anilines is 1. The number of ether oxygens (including phenoxy) is 2. The molecule has 1 aliphatic heterocycles. The molecule has 0 spiro atoms. The Morgan fingerprint density at radius 2 is 1.67 bits per heavy atom. The third kappa shape index (κ3) is 7.42. The molecule has 0 radical (unpaired) electrons. The molecule has 1 heterocycles. The number of carbonyl (C=O) groups is 2. The number of rotatable bonds is 13. The molecule has 1 atom stereocenters. The fourth-order valence-electron chi connectivity index (χ4n) is 4.87. The van der Waals surface area contributed by atoms with E-state index in [2.05, 4.69) is 5.32 Å². The average Bonchev–Trinajstić information content (AvgIpc) is 3.00. The van der Waals surface area contributed by atoms with Gasteiger partial charge in [0.05, 0.1) is 10.6 Å². The normalized spacial score (nSPS) is 13.2. The fraction of sp³-hybridized carbons (Fsp3) is 0.375. The Bertz CT molecular complexity index is 1480. The predicted octanol–water partition coefficient (Wildman–Crippen LogP) is 4.69. The van der Waals surface area contributed by atoms with E-state index in [1.54, 1.807) is 36.4 Å². The maximum absolute atomic E-state index is 14.2. The van der Waals surface area contributed by atoms with Gasteiger partial charge in [-0.25, -0.2) is 8.42 Å². The number of nitrogens with zero attached hydrogens (tertiary/aromatic N) is 2. The van der Waals surface area contributed by atoms with Gasteiger partial charge in [0, 0.05) is 19.2 Å². The first-order valence-corrected chi connectivity index (χ1v) is 15.8. The molecule has 0 bridgehead atoms. The zero-order chi connectivity index (χ0) is 30.1. The van der Waals surface area contributed by atoms with Gasteiger partial charge in [-0.05, 0) is 49.6 Å². The lowest BCUT2D eigenvalue weighted by atomic mass is 10.1. The molecule has 1 aliphatic rings. The Kier molecular flexibility index (Phi) is 10.5. The minimum absolute atomic E-state index is 0.0438.